The van der Waals surface area contributed by atoms with Crippen LogP contribution >= 0.6 is 15.9 Å². The molecule has 0 aliphatic rings. The van der Waals surface area contributed by atoms with Gasteiger partial charge in [-0.3, -0.25) is 10.1 Å². The van der Waals surface area contributed by atoms with E-state index in [1.165, 1.54) is 6.07 Å². The zero-order chi connectivity index (χ0) is 15.2. The second-order valence-electron chi connectivity index (χ2n) is 4.66. The lowest BCUT2D eigenvalue weighted by molar-refractivity contribution is -0.385. The molecule has 1 aromatic carbocycles. The SMILES string of the molecule is CCCNCc1nccn1Cc1cccc([N+](=O)[O-])c1Br. The van der Waals surface area contributed by atoms with E-state index in [0.717, 1.165) is 24.4 Å². The van der Waals surface area contributed by atoms with Crippen LogP contribution in [0.15, 0.2) is 35.1 Å². The summed E-state index contributed by atoms with van der Waals surface area (Å²) in [6, 6.07) is 5.07. The fourth-order valence-corrected chi connectivity index (χ4v) is 2.58. The quantitative estimate of drug-likeness (QED) is 0.472. The fraction of sp³-hybridized carbons (Fsp3) is 0.357. The zero-order valence-electron chi connectivity index (χ0n) is 11.8. The third-order valence-electron chi connectivity index (χ3n) is 3.11. The van der Waals surface area contributed by atoms with E-state index in [4.69, 9.17) is 0 Å². The van der Waals surface area contributed by atoms with E-state index >= 15 is 0 Å². The van der Waals surface area contributed by atoms with E-state index in [0.29, 0.717) is 17.6 Å². The van der Waals surface area contributed by atoms with Crippen LogP contribution in [0, 0.1) is 10.1 Å². The lowest BCUT2D eigenvalue weighted by Crippen LogP contribution is -2.18. The molecule has 0 radical (unpaired) electrons. The van der Waals surface area contributed by atoms with Crippen molar-refractivity contribution in [3.8, 4) is 0 Å². The predicted molar refractivity (Wildman–Crippen MR) is 84.1 cm³/mol. The molecule has 0 bridgehead atoms. The van der Waals surface area contributed by atoms with Crippen LogP contribution < -0.4 is 5.32 Å². The van der Waals surface area contributed by atoms with Gasteiger partial charge in [0.05, 0.1) is 18.0 Å². The molecule has 0 saturated carbocycles. The Hall–Kier alpha value is -1.73. The molecule has 0 atom stereocenters. The summed E-state index contributed by atoms with van der Waals surface area (Å²) in [6.07, 6.45) is 4.69. The number of benzene rings is 1. The highest BCUT2D eigenvalue weighted by Gasteiger charge is 2.15. The van der Waals surface area contributed by atoms with Gasteiger partial charge in [-0.05, 0) is 34.5 Å². The van der Waals surface area contributed by atoms with Crippen molar-refractivity contribution >= 4 is 21.6 Å². The topological polar surface area (TPSA) is 73.0 Å². The highest BCUT2D eigenvalue weighted by Crippen LogP contribution is 2.28. The molecule has 0 aliphatic heterocycles. The van der Waals surface area contributed by atoms with Crippen molar-refractivity contribution < 1.29 is 4.92 Å². The van der Waals surface area contributed by atoms with E-state index in [-0.39, 0.29) is 10.6 Å². The first-order valence-corrected chi connectivity index (χ1v) is 7.55. The molecule has 7 heteroatoms. The third-order valence-corrected chi connectivity index (χ3v) is 4.02. The third kappa shape index (κ3) is 3.89. The van der Waals surface area contributed by atoms with Gasteiger partial charge < -0.3 is 9.88 Å². The number of nitrogens with zero attached hydrogens (tertiary/aromatic N) is 3. The maximum Gasteiger partial charge on any atom is 0.283 e. The summed E-state index contributed by atoms with van der Waals surface area (Å²) in [7, 11) is 0. The monoisotopic (exact) mass is 352 g/mol. The average molecular weight is 353 g/mol. The van der Waals surface area contributed by atoms with Crippen molar-refractivity contribution in [3.63, 3.8) is 0 Å². The Kier molecular flexibility index (Phi) is 5.46. The summed E-state index contributed by atoms with van der Waals surface area (Å²) in [5, 5.41) is 14.3. The molecule has 1 aromatic heterocycles. The first-order chi connectivity index (χ1) is 10.1. The summed E-state index contributed by atoms with van der Waals surface area (Å²) in [4.78, 5) is 14.9. The summed E-state index contributed by atoms with van der Waals surface area (Å²) < 4.78 is 2.52. The van der Waals surface area contributed by atoms with Gasteiger partial charge in [-0.25, -0.2) is 4.98 Å². The van der Waals surface area contributed by atoms with Crippen molar-refractivity contribution in [2.75, 3.05) is 6.54 Å². The van der Waals surface area contributed by atoms with E-state index in [2.05, 4.69) is 33.2 Å². The minimum atomic E-state index is -0.384. The standard InChI is InChI=1S/C14H17BrN4O2/c1-2-6-16-9-13-17-7-8-18(13)10-11-4-3-5-12(14(11)15)19(20)21/h3-5,7-8,16H,2,6,9-10H2,1H3. The van der Waals surface area contributed by atoms with Crippen LogP contribution in [0.5, 0.6) is 0 Å². The molecular weight excluding hydrogens is 336 g/mol. The van der Waals surface area contributed by atoms with Gasteiger partial charge in [0.15, 0.2) is 0 Å². The Bertz CT molecular complexity index is 627. The maximum absolute atomic E-state index is 11.0. The molecule has 2 aromatic rings. The lowest BCUT2D eigenvalue weighted by Gasteiger charge is -2.10. The average Bonchev–Trinajstić information content (AvgIpc) is 2.88. The smallest absolute Gasteiger partial charge is 0.283 e. The highest BCUT2D eigenvalue weighted by atomic mass is 79.9. The number of aromatic nitrogens is 2. The summed E-state index contributed by atoms with van der Waals surface area (Å²) in [5.41, 5.74) is 0.942. The molecule has 0 unspecified atom stereocenters. The summed E-state index contributed by atoms with van der Waals surface area (Å²) in [6.45, 7) is 4.28. The van der Waals surface area contributed by atoms with Crippen molar-refractivity contribution in [1.82, 2.24) is 14.9 Å². The Morgan fingerprint density at radius 1 is 1.48 bits per heavy atom. The molecular formula is C14H17BrN4O2. The molecule has 2 rings (SSSR count). The van der Waals surface area contributed by atoms with Crippen LogP contribution in [0.4, 0.5) is 5.69 Å². The molecule has 21 heavy (non-hydrogen) atoms. The molecule has 0 saturated heterocycles. The second-order valence-corrected chi connectivity index (χ2v) is 5.45. The molecule has 0 amide bonds. The Labute approximate surface area is 131 Å². The number of nitrogens with one attached hydrogen (secondary N) is 1. The van der Waals surface area contributed by atoms with E-state index in [1.54, 1.807) is 12.3 Å². The van der Waals surface area contributed by atoms with Gasteiger partial charge >= 0.3 is 0 Å². The van der Waals surface area contributed by atoms with Crippen LogP contribution in [0.2, 0.25) is 0 Å². The Morgan fingerprint density at radius 3 is 3.00 bits per heavy atom. The van der Waals surface area contributed by atoms with Crippen molar-refractivity contribution in [2.24, 2.45) is 0 Å². The van der Waals surface area contributed by atoms with Gasteiger partial charge in [0, 0.05) is 18.5 Å². The van der Waals surface area contributed by atoms with Crippen molar-refractivity contribution in [3.05, 3.63) is 56.6 Å². The van der Waals surface area contributed by atoms with Gasteiger partial charge in [-0.15, -0.1) is 0 Å². The lowest BCUT2D eigenvalue weighted by atomic mass is 10.2. The number of nitro groups is 1. The van der Waals surface area contributed by atoms with Crippen LogP contribution in [0.1, 0.15) is 24.7 Å². The van der Waals surface area contributed by atoms with Gasteiger partial charge in [0.1, 0.15) is 10.3 Å². The summed E-state index contributed by atoms with van der Waals surface area (Å²) in [5.74, 6) is 0.918. The number of rotatable bonds is 7. The number of halogens is 1. The highest BCUT2D eigenvalue weighted by molar-refractivity contribution is 9.10. The largest absolute Gasteiger partial charge is 0.329 e. The van der Waals surface area contributed by atoms with E-state index in [1.807, 2.05) is 16.8 Å². The van der Waals surface area contributed by atoms with Gasteiger partial charge in [-0.1, -0.05) is 19.1 Å². The van der Waals surface area contributed by atoms with Crippen LogP contribution in [-0.2, 0) is 13.1 Å². The maximum atomic E-state index is 11.0. The molecule has 0 fully saturated rings. The second kappa shape index (κ2) is 7.33. The first-order valence-electron chi connectivity index (χ1n) is 6.76. The number of imidazole rings is 1. The zero-order valence-corrected chi connectivity index (χ0v) is 13.3. The number of hydrogen-bond acceptors (Lipinski definition) is 4. The minimum absolute atomic E-state index is 0.0817. The predicted octanol–water partition coefficient (Wildman–Crippen LogP) is 3.10. The van der Waals surface area contributed by atoms with Crippen molar-refractivity contribution in [2.45, 2.75) is 26.4 Å². The van der Waals surface area contributed by atoms with Gasteiger partial charge in [0.25, 0.3) is 5.69 Å². The number of nitro benzene ring substituents is 1. The van der Waals surface area contributed by atoms with Gasteiger partial charge in [-0.2, -0.15) is 0 Å². The molecule has 1 N–H and O–H groups in total. The molecule has 112 valence electrons. The van der Waals surface area contributed by atoms with Crippen LogP contribution in [0.25, 0.3) is 0 Å². The molecule has 1 heterocycles. The fourth-order valence-electron chi connectivity index (χ4n) is 2.04. The van der Waals surface area contributed by atoms with E-state index < -0.39 is 0 Å². The van der Waals surface area contributed by atoms with Crippen LogP contribution in [-0.4, -0.2) is 21.0 Å². The first kappa shape index (κ1) is 15.7. The summed E-state index contributed by atoms with van der Waals surface area (Å²) >= 11 is 3.33. The normalized spacial score (nSPS) is 10.8. The minimum Gasteiger partial charge on any atom is -0.329 e. The van der Waals surface area contributed by atoms with Gasteiger partial charge in [0.2, 0.25) is 0 Å². The Morgan fingerprint density at radius 2 is 2.29 bits per heavy atom. The number of hydrogen-bond donors (Lipinski definition) is 1. The molecule has 0 aliphatic carbocycles. The molecule has 6 nitrogen and oxygen atoms in total. The molecule has 0 spiro atoms. The van der Waals surface area contributed by atoms with Crippen molar-refractivity contribution in [1.29, 1.82) is 0 Å². The van der Waals surface area contributed by atoms with E-state index in [9.17, 15) is 10.1 Å². The Balaban J connectivity index is 2.17. The van der Waals surface area contributed by atoms with Crippen LogP contribution in [0.3, 0.4) is 0 Å².